The Kier molecular flexibility index (Phi) is 5.77. The monoisotopic (exact) mass is 323 g/mol. The number of nitrogens with one attached hydrogen (secondary N) is 1. The summed E-state index contributed by atoms with van der Waals surface area (Å²) < 4.78 is 5.84. The number of hydrogen-bond donors (Lipinski definition) is 1. The summed E-state index contributed by atoms with van der Waals surface area (Å²) in [7, 11) is 0. The molecule has 21 heavy (non-hydrogen) atoms. The zero-order chi connectivity index (χ0) is 15.2. The fraction of sp³-hybridized carbons (Fsp3) is 0.294. The number of benzene rings is 2. The summed E-state index contributed by atoms with van der Waals surface area (Å²) in [6.07, 6.45) is 0. The lowest BCUT2D eigenvalue weighted by Gasteiger charge is -2.14. The van der Waals surface area contributed by atoms with Crippen molar-refractivity contribution in [2.24, 2.45) is 5.92 Å². The van der Waals surface area contributed by atoms with Crippen LogP contribution in [0.25, 0.3) is 0 Å². The fourth-order valence-electron chi connectivity index (χ4n) is 1.90. The molecule has 2 nitrogen and oxygen atoms in total. The van der Waals surface area contributed by atoms with E-state index in [9.17, 15) is 0 Å². The topological polar surface area (TPSA) is 21.3 Å². The quantitative estimate of drug-likeness (QED) is 0.742. The van der Waals surface area contributed by atoms with Gasteiger partial charge in [0.1, 0.15) is 5.75 Å². The van der Waals surface area contributed by atoms with Crippen LogP contribution < -0.4 is 10.1 Å². The van der Waals surface area contributed by atoms with Crippen molar-refractivity contribution in [1.29, 1.82) is 0 Å². The van der Waals surface area contributed by atoms with Crippen LogP contribution in [0.15, 0.2) is 42.5 Å². The van der Waals surface area contributed by atoms with Crippen molar-refractivity contribution >= 4 is 28.9 Å². The van der Waals surface area contributed by atoms with Crippen LogP contribution in [0.5, 0.6) is 5.75 Å². The Morgan fingerprint density at radius 1 is 1.05 bits per heavy atom. The number of ether oxygens (including phenoxy) is 1. The van der Waals surface area contributed by atoms with E-state index in [0.29, 0.717) is 29.1 Å². The largest absolute Gasteiger partial charge is 0.493 e. The molecule has 0 aliphatic rings. The fourth-order valence-corrected chi connectivity index (χ4v) is 2.43. The van der Waals surface area contributed by atoms with E-state index in [1.165, 1.54) is 0 Å². The van der Waals surface area contributed by atoms with E-state index in [4.69, 9.17) is 27.9 Å². The van der Waals surface area contributed by atoms with Crippen molar-refractivity contribution in [3.05, 3.63) is 58.1 Å². The van der Waals surface area contributed by atoms with Crippen molar-refractivity contribution in [1.82, 2.24) is 0 Å². The average molecular weight is 324 g/mol. The van der Waals surface area contributed by atoms with E-state index in [1.807, 2.05) is 30.3 Å². The van der Waals surface area contributed by atoms with Crippen molar-refractivity contribution in [3.63, 3.8) is 0 Å². The molecule has 2 aromatic rings. The molecule has 0 saturated heterocycles. The standard InChI is InChI=1S/C17H19Cl2NO/c1-12(2)11-21-17-6-4-3-5-13(17)10-20-16-8-14(18)7-15(19)9-16/h3-9,12,20H,10-11H2,1-2H3. The maximum absolute atomic E-state index is 6.00. The molecule has 0 heterocycles. The van der Waals surface area contributed by atoms with Crippen molar-refractivity contribution < 1.29 is 4.74 Å². The van der Waals surface area contributed by atoms with Gasteiger partial charge < -0.3 is 10.1 Å². The molecule has 2 rings (SSSR count). The lowest BCUT2D eigenvalue weighted by atomic mass is 10.2. The SMILES string of the molecule is CC(C)COc1ccccc1CNc1cc(Cl)cc(Cl)c1. The van der Waals surface area contributed by atoms with Gasteiger partial charge in [0, 0.05) is 27.8 Å². The number of hydrogen-bond acceptors (Lipinski definition) is 2. The van der Waals surface area contributed by atoms with E-state index < -0.39 is 0 Å². The third-order valence-electron chi connectivity index (χ3n) is 2.89. The van der Waals surface area contributed by atoms with Crippen molar-refractivity contribution in [2.75, 3.05) is 11.9 Å². The van der Waals surface area contributed by atoms with Gasteiger partial charge in [-0.1, -0.05) is 55.2 Å². The van der Waals surface area contributed by atoms with Gasteiger partial charge in [-0.15, -0.1) is 0 Å². The molecule has 0 fully saturated rings. The van der Waals surface area contributed by atoms with Crippen LogP contribution in [-0.4, -0.2) is 6.61 Å². The minimum absolute atomic E-state index is 0.498. The predicted octanol–water partition coefficient (Wildman–Crippen LogP) is 5.64. The Hall–Kier alpha value is -1.38. The highest BCUT2D eigenvalue weighted by Crippen LogP contribution is 2.24. The van der Waals surface area contributed by atoms with E-state index >= 15 is 0 Å². The van der Waals surface area contributed by atoms with Gasteiger partial charge in [-0.05, 0) is 30.2 Å². The molecule has 1 N–H and O–H groups in total. The number of para-hydroxylation sites is 1. The lowest BCUT2D eigenvalue weighted by Crippen LogP contribution is -2.08. The Bertz CT molecular complexity index is 579. The van der Waals surface area contributed by atoms with E-state index in [-0.39, 0.29) is 0 Å². The zero-order valence-corrected chi connectivity index (χ0v) is 13.7. The number of anilines is 1. The van der Waals surface area contributed by atoms with Crippen LogP contribution in [-0.2, 0) is 6.54 Å². The minimum atomic E-state index is 0.498. The molecule has 0 aromatic heterocycles. The first kappa shape index (κ1) is 16.0. The van der Waals surface area contributed by atoms with Gasteiger partial charge >= 0.3 is 0 Å². The highest BCUT2D eigenvalue weighted by molar-refractivity contribution is 6.35. The van der Waals surface area contributed by atoms with E-state index in [1.54, 1.807) is 6.07 Å². The van der Waals surface area contributed by atoms with Gasteiger partial charge in [0.15, 0.2) is 0 Å². The second kappa shape index (κ2) is 7.58. The molecule has 0 spiro atoms. The van der Waals surface area contributed by atoms with Crippen molar-refractivity contribution in [3.8, 4) is 5.75 Å². The molecule has 0 amide bonds. The molecule has 0 aliphatic carbocycles. The number of halogens is 2. The third-order valence-corrected chi connectivity index (χ3v) is 3.33. The summed E-state index contributed by atoms with van der Waals surface area (Å²) in [5.74, 6) is 1.41. The molecule has 0 unspecified atom stereocenters. The van der Waals surface area contributed by atoms with Crippen LogP contribution in [0.3, 0.4) is 0 Å². The van der Waals surface area contributed by atoms with Crippen LogP contribution in [0.1, 0.15) is 19.4 Å². The minimum Gasteiger partial charge on any atom is -0.493 e. The van der Waals surface area contributed by atoms with E-state index in [2.05, 4.69) is 25.2 Å². The first-order valence-corrected chi connectivity index (χ1v) is 7.71. The van der Waals surface area contributed by atoms with Gasteiger partial charge in [0.2, 0.25) is 0 Å². The number of rotatable bonds is 6. The van der Waals surface area contributed by atoms with Crippen LogP contribution in [0.4, 0.5) is 5.69 Å². The summed E-state index contributed by atoms with van der Waals surface area (Å²) in [6, 6.07) is 13.4. The smallest absolute Gasteiger partial charge is 0.124 e. The second-order valence-corrected chi connectivity index (χ2v) is 6.20. The molecule has 2 aromatic carbocycles. The summed E-state index contributed by atoms with van der Waals surface area (Å²) in [4.78, 5) is 0. The molecule has 0 saturated carbocycles. The summed E-state index contributed by atoms with van der Waals surface area (Å²) in [6.45, 7) is 5.63. The molecule has 4 heteroatoms. The Morgan fingerprint density at radius 2 is 1.71 bits per heavy atom. The predicted molar refractivity (Wildman–Crippen MR) is 90.6 cm³/mol. The second-order valence-electron chi connectivity index (χ2n) is 5.32. The third kappa shape index (κ3) is 5.14. The maximum atomic E-state index is 6.00. The summed E-state index contributed by atoms with van der Waals surface area (Å²) in [5.41, 5.74) is 2.00. The van der Waals surface area contributed by atoms with Crippen LogP contribution in [0, 0.1) is 5.92 Å². The Balaban J connectivity index is 2.05. The molecule has 0 atom stereocenters. The highest BCUT2D eigenvalue weighted by Gasteiger charge is 2.05. The van der Waals surface area contributed by atoms with E-state index in [0.717, 1.165) is 17.0 Å². The molecule has 0 bridgehead atoms. The van der Waals surface area contributed by atoms with Crippen LogP contribution in [0.2, 0.25) is 10.0 Å². The van der Waals surface area contributed by atoms with Gasteiger partial charge in [-0.2, -0.15) is 0 Å². The van der Waals surface area contributed by atoms with Crippen molar-refractivity contribution in [2.45, 2.75) is 20.4 Å². The zero-order valence-electron chi connectivity index (χ0n) is 12.2. The normalized spacial score (nSPS) is 10.7. The maximum Gasteiger partial charge on any atom is 0.124 e. The molecular formula is C17H19Cl2NO. The Labute approximate surface area is 136 Å². The van der Waals surface area contributed by atoms with Gasteiger partial charge in [0.25, 0.3) is 0 Å². The van der Waals surface area contributed by atoms with Crippen LogP contribution >= 0.6 is 23.2 Å². The first-order chi connectivity index (χ1) is 10.0. The highest BCUT2D eigenvalue weighted by atomic mass is 35.5. The lowest BCUT2D eigenvalue weighted by molar-refractivity contribution is 0.269. The Morgan fingerprint density at radius 3 is 2.38 bits per heavy atom. The summed E-state index contributed by atoms with van der Waals surface area (Å²) >= 11 is 12.0. The molecule has 0 radical (unpaired) electrons. The first-order valence-electron chi connectivity index (χ1n) is 6.95. The van der Waals surface area contributed by atoms with Gasteiger partial charge in [0.05, 0.1) is 6.61 Å². The molecule has 112 valence electrons. The molecular weight excluding hydrogens is 305 g/mol. The average Bonchev–Trinajstić information content (AvgIpc) is 2.42. The molecule has 0 aliphatic heterocycles. The summed E-state index contributed by atoms with van der Waals surface area (Å²) in [5, 5.41) is 4.56. The van der Waals surface area contributed by atoms with Gasteiger partial charge in [-0.25, -0.2) is 0 Å². The van der Waals surface area contributed by atoms with Gasteiger partial charge in [-0.3, -0.25) is 0 Å².